The third kappa shape index (κ3) is 4.25. The van der Waals surface area contributed by atoms with Crippen molar-refractivity contribution in [2.75, 3.05) is 11.9 Å². The largest absolute Gasteiger partial charge is 0.494 e. The number of hydrogen-bond donors (Lipinski definition) is 1. The molecular formula is C20H20N2O2S. The highest BCUT2D eigenvalue weighted by molar-refractivity contribution is 7.14. The Morgan fingerprint density at radius 3 is 2.68 bits per heavy atom. The zero-order valence-corrected chi connectivity index (χ0v) is 15.1. The first-order valence-corrected chi connectivity index (χ1v) is 9.16. The van der Waals surface area contributed by atoms with Crippen molar-refractivity contribution < 1.29 is 9.53 Å². The fourth-order valence-electron chi connectivity index (χ4n) is 2.44. The zero-order chi connectivity index (χ0) is 17.6. The summed E-state index contributed by atoms with van der Waals surface area (Å²) in [6.45, 7) is 4.61. The molecule has 5 heteroatoms. The summed E-state index contributed by atoms with van der Waals surface area (Å²) in [5.74, 6) is 0.495. The van der Waals surface area contributed by atoms with Gasteiger partial charge in [-0.15, -0.1) is 11.3 Å². The number of nitrogens with zero attached hydrogens (tertiary/aromatic N) is 1. The average molecular weight is 352 g/mol. The number of rotatable bonds is 6. The Kier molecular flexibility index (Phi) is 5.46. The molecule has 1 N–H and O–H groups in total. The van der Waals surface area contributed by atoms with Crippen molar-refractivity contribution in [3.63, 3.8) is 0 Å². The van der Waals surface area contributed by atoms with E-state index in [1.54, 1.807) is 12.1 Å². The number of hydrogen-bond acceptors (Lipinski definition) is 4. The first-order chi connectivity index (χ1) is 12.2. The lowest BCUT2D eigenvalue weighted by Crippen LogP contribution is -2.11. The molecule has 25 heavy (non-hydrogen) atoms. The molecule has 2 aromatic carbocycles. The van der Waals surface area contributed by atoms with Gasteiger partial charge in [0.2, 0.25) is 0 Å². The fraction of sp³-hybridized carbons (Fsp3) is 0.200. The maximum atomic E-state index is 12.4. The van der Waals surface area contributed by atoms with Gasteiger partial charge in [0, 0.05) is 16.5 Å². The van der Waals surface area contributed by atoms with E-state index in [4.69, 9.17) is 4.74 Å². The van der Waals surface area contributed by atoms with Gasteiger partial charge in [0.25, 0.3) is 5.91 Å². The lowest BCUT2D eigenvalue weighted by Gasteiger charge is -2.05. The van der Waals surface area contributed by atoms with E-state index in [1.807, 2.05) is 24.4 Å². The number of aromatic nitrogens is 1. The van der Waals surface area contributed by atoms with E-state index in [1.165, 1.54) is 16.9 Å². The van der Waals surface area contributed by atoms with Crippen molar-refractivity contribution in [2.45, 2.75) is 20.3 Å². The minimum atomic E-state index is -0.191. The molecule has 0 spiro atoms. The predicted octanol–water partition coefficient (Wildman–Crippen LogP) is 5.02. The fourth-order valence-corrected chi connectivity index (χ4v) is 3.15. The number of amides is 1. The van der Waals surface area contributed by atoms with E-state index >= 15 is 0 Å². The Hall–Kier alpha value is -2.66. The summed E-state index contributed by atoms with van der Waals surface area (Å²) >= 11 is 1.42. The lowest BCUT2D eigenvalue weighted by atomic mass is 10.1. The van der Waals surface area contributed by atoms with Crippen molar-refractivity contribution in [2.24, 2.45) is 0 Å². The topological polar surface area (TPSA) is 51.2 Å². The molecule has 4 nitrogen and oxygen atoms in total. The number of thiazole rings is 1. The molecule has 3 rings (SSSR count). The van der Waals surface area contributed by atoms with Gasteiger partial charge < -0.3 is 4.74 Å². The van der Waals surface area contributed by atoms with Crippen LogP contribution in [-0.2, 0) is 6.42 Å². The van der Waals surface area contributed by atoms with Crippen molar-refractivity contribution >= 4 is 22.4 Å². The van der Waals surface area contributed by atoms with Gasteiger partial charge in [-0.2, -0.15) is 0 Å². The average Bonchev–Trinajstić information content (AvgIpc) is 3.11. The minimum Gasteiger partial charge on any atom is -0.494 e. The van der Waals surface area contributed by atoms with Gasteiger partial charge in [0.1, 0.15) is 5.75 Å². The Morgan fingerprint density at radius 1 is 1.16 bits per heavy atom. The summed E-state index contributed by atoms with van der Waals surface area (Å²) in [4.78, 5) is 16.9. The molecule has 1 aromatic heterocycles. The van der Waals surface area contributed by atoms with Crippen LogP contribution in [0.5, 0.6) is 5.75 Å². The minimum absolute atomic E-state index is 0.191. The maximum Gasteiger partial charge on any atom is 0.257 e. The lowest BCUT2D eigenvalue weighted by molar-refractivity contribution is 0.102. The van der Waals surface area contributed by atoms with Crippen LogP contribution in [0.1, 0.15) is 29.8 Å². The van der Waals surface area contributed by atoms with Gasteiger partial charge in [-0.1, -0.05) is 37.3 Å². The van der Waals surface area contributed by atoms with E-state index in [2.05, 4.69) is 41.5 Å². The molecule has 128 valence electrons. The van der Waals surface area contributed by atoms with Crippen LogP contribution in [0.4, 0.5) is 5.13 Å². The van der Waals surface area contributed by atoms with Crippen molar-refractivity contribution in [1.82, 2.24) is 4.98 Å². The zero-order valence-electron chi connectivity index (χ0n) is 14.3. The standard InChI is InChI=1S/C20H20N2O2S/c1-3-14-8-10-15(11-9-14)18-13-25-20(21-18)22-19(23)16-6-5-7-17(12-16)24-4-2/h5-13H,3-4H2,1-2H3,(H,21,22,23). The highest BCUT2D eigenvalue weighted by atomic mass is 32.1. The molecule has 0 aliphatic rings. The number of ether oxygens (including phenoxy) is 1. The van der Waals surface area contributed by atoms with Gasteiger partial charge in [-0.05, 0) is 37.1 Å². The van der Waals surface area contributed by atoms with Crippen molar-refractivity contribution in [3.05, 3.63) is 65.0 Å². The van der Waals surface area contributed by atoms with E-state index in [9.17, 15) is 4.79 Å². The Morgan fingerprint density at radius 2 is 1.96 bits per heavy atom. The van der Waals surface area contributed by atoms with Gasteiger partial charge in [0.05, 0.1) is 12.3 Å². The summed E-state index contributed by atoms with van der Waals surface area (Å²) in [5.41, 5.74) is 3.76. The van der Waals surface area contributed by atoms with Gasteiger partial charge in [0.15, 0.2) is 5.13 Å². The Bertz CT molecular complexity index is 856. The second-order valence-corrected chi connectivity index (χ2v) is 6.36. The monoisotopic (exact) mass is 352 g/mol. The molecule has 0 saturated heterocycles. The smallest absolute Gasteiger partial charge is 0.257 e. The maximum absolute atomic E-state index is 12.4. The van der Waals surface area contributed by atoms with E-state index in [0.717, 1.165) is 17.7 Å². The summed E-state index contributed by atoms with van der Waals surface area (Å²) in [5, 5.41) is 5.39. The molecule has 0 bridgehead atoms. The summed E-state index contributed by atoms with van der Waals surface area (Å²) in [6.07, 6.45) is 1.01. The van der Waals surface area contributed by atoms with Crippen LogP contribution >= 0.6 is 11.3 Å². The molecule has 0 unspecified atom stereocenters. The predicted molar refractivity (Wildman–Crippen MR) is 102 cm³/mol. The molecule has 0 atom stereocenters. The number of aryl methyl sites for hydroxylation is 1. The number of benzene rings is 2. The van der Waals surface area contributed by atoms with E-state index < -0.39 is 0 Å². The highest BCUT2D eigenvalue weighted by Gasteiger charge is 2.11. The highest BCUT2D eigenvalue weighted by Crippen LogP contribution is 2.26. The van der Waals surface area contributed by atoms with Crippen molar-refractivity contribution in [3.8, 4) is 17.0 Å². The van der Waals surface area contributed by atoms with Crippen LogP contribution in [0.3, 0.4) is 0 Å². The molecule has 0 saturated carbocycles. The van der Waals surface area contributed by atoms with Crippen LogP contribution in [-0.4, -0.2) is 17.5 Å². The molecule has 3 aromatic rings. The summed E-state index contributed by atoms with van der Waals surface area (Å²) < 4.78 is 5.43. The molecule has 0 aliphatic carbocycles. The van der Waals surface area contributed by atoms with Crippen LogP contribution in [0.25, 0.3) is 11.3 Å². The number of anilines is 1. The molecular weight excluding hydrogens is 332 g/mol. The van der Waals surface area contributed by atoms with Gasteiger partial charge in [-0.3, -0.25) is 10.1 Å². The second-order valence-electron chi connectivity index (χ2n) is 5.50. The van der Waals surface area contributed by atoms with Gasteiger partial charge >= 0.3 is 0 Å². The first-order valence-electron chi connectivity index (χ1n) is 8.28. The van der Waals surface area contributed by atoms with E-state index in [-0.39, 0.29) is 5.91 Å². The number of nitrogens with one attached hydrogen (secondary N) is 1. The first kappa shape index (κ1) is 17.2. The Labute approximate surface area is 151 Å². The van der Waals surface area contributed by atoms with Crippen LogP contribution in [0, 0.1) is 0 Å². The Balaban J connectivity index is 1.72. The SMILES string of the molecule is CCOc1cccc(C(=O)Nc2nc(-c3ccc(CC)cc3)cs2)c1. The molecule has 0 aliphatic heterocycles. The molecule has 1 amide bonds. The summed E-state index contributed by atoms with van der Waals surface area (Å²) in [7, 11) is 0. The van der Waals surface area contributed by atoms with Gasteiger partial charge in [-0.25, -0.2) is 4.98 Å². The molecule has 0 radical (unpaired) electrons. The van der Waals surface area contributed by atoms with Crippen LogP contribution in [0.2, 0.25) is 0 Å². The number of carbonyl (C=O) groups excluding carboxylic acids is 1. The quantitative estimate of drug-likeness (QED) is 0.677. The second kappa shape index (κ2) is 7.94. The van der Waals surface area contributed by atoms with Crippen LogP contribution in [0.15, 0.2) is 53.9 Å². The summed E-state index contributed by atoms with van der Waals surface area (Å²) in [6, 6.07) is 15.5. The van der Waals surface area contributed by atoms with Crippen LogP contribution < -0.4 is 10.1 Å². The van der Waals surface area contributed by atoms with E-state index in [0.29, 0.717) is 23.1 Å². The molecule has 1 heterocycles. The third-order valence-electron chi connectivity index (χ3n) is 3.79. The van der Waals surface area contributed by atoms with Crippen molar-refractivity contribution in [1.29, 1.82) is 0 Å². The number of carbonyl (C=O) groups is 1. The third-order valence-corrected chi connectivity index (χ3v) is 4.55. The normalized spacial score (nSPS) is 10.5. The molecule has 0 fully saturated rings.